The van der Waals surface area contributed by atoms with E-state index in [-0.39, 0.29) is 12.5 Å². The number of hydrogen-bond donors (Lipinski definition) is 2. The second kappa shape index (κ2) is 11.4. The highest BCUT2D eigenvalue weighted by Crippen LogP contribution is 2.18. The summed E-state index contributed by atoms with van der Waals surface area (Å²) >= 11 is 0. The molecule has 1 atom stereocenters. The van der Waals surface area contributed by atoms with Crippen molar-refractivity contribution in [2.24, 2.45) is 0 Å². The number of carbonyl (C=O) groups excluding carboxylic acids is 1. The molecule has 2 aromatic rings. The van der Waals surface area contributed by atoms with Crippen molar-refractivity contribution in [1.82, 2.24) is 15.1 Å². The number of aliphatic hydroxyl groups excluding tert-OH is 1. The molecule has 2 aromatic carbocycles. The smallest absolute Gasteiger partial charge is 0.251 e. The Morgan fingerprint density at radius 1 is 1.06 bits per heavy atom. The first-order valence-electron chi connectivity index (χ1n) is 11.5. The molecular formula is C25H33N3O4. The Morgan fingerprint density at radius 2 is 1.88 bits per heavy atom. The molecule has 2 heterocycles. The summed E-state index contributed by atoms with van der Waals surface area (Å²) in [4.78, 5) is 17.1. The first-order chi connectivity index (χ1) is 15.7. The van der Waals surface area contributed by atoms with Crippen LogP contribution in [0.4, 0.5) is 0 Å². The highest BCUT2D eigenvalue weighted by atomic mass is 16.5. The van der Waals surface area contributed by atoms with Crippen LogP contribution < -0.4 is 10.1 Å². The van der Waals surface area contributed by atoms with Gasteiger partial charge in [-0.3, -0.25) is 14.6 Å². The van der Waals surface area contributed by atoms with Crippen molar-refractivity contribution in [2.75, 3.05) is 59.1 Å². The first kappa shape index (κ1) is 22.7. The second-order valence-corrected chi connectivity index (χ2v) is 8.45. The topological polar surface area (TPSA) is 74.3 Å². The van der Waals surface area contributed by atoms with Gasteiger partial charge in [0, 0.05) is 51.4 Å². The lowest BCUT2D eigenvalue weighted by atomic mass is 10.00. The van der Waals surface area contributed by atoms with Gasteiger partial charge in [-0.05, 0) is 35.7 Å². The number of morpholine rings is 1. The Morgan fingerprint density at radius 3 is 2.72 bits per heavy atom. The van der Waals surface area contributed by atoms with Gasteiger partial charge in [-0.15, -0.1) is 0 Å². The van der Waals surface area contributed by atoms with Crippen LogP contribution in [0.15, 0.2) is 48.5 Å². The summed E-state index contributed by atoms with van der Waals surface area (Å²) in [5, 5.41) is 13.3. The maximum atomic E-state index is 12.6. The summed E-state index contributed by atoms with van der Waals surface area (Å²) < 4.78 is 11.2. The van der Waals surface area contributed by atoms with Crippen molar-refractivity contribution in [3.05, 3.63) is 65.2 Å². The molecule has 0 spiro atoms. The molecule has 0 saturated carbocycles. The molecule has 7 nitrogen and oxygen atoms in total. The molecule has 172 valence electrons. The van der Waals surface area contributed by atoms with E-state index in [1.807, 2.05) is 12.1 Å². The minimum absolute atomic E-state index is 0.202. The molecule has 1 amide bonds. The van der Waals surface area contributed by atoms with E-state index < -0.39 is 6.10 Å². The van der Waals surface area contributed by atoms with Gasteiger partial charge in [-0.1, -0.05) is 30.3 Å². The molecular weight excluding hydrogens is 406 g/mol. The van der Waals surface area contributed by atoms with Crippen molar-refractivity contribution in [2.45, 2.75) is 19.1 Å². The van der Waals surface area contributed by atoms with E-state index >= 15 is 0 Å². The molecule has 0 aliphatic carbocycles. The number of benzene rings is 2. The van der Waals surface area contributed by atoms with Crippen molar-refractivity contribution in [3.8, 4) is 5.75 Å². The number of hydrogen-bond acceptors (Lipinski definition) is 6. The van der Waals surface area contributed by atoms with Crippen molar-refractivity contribution in [3.63, 3.8) is 0 Å². The zero-order valence-electron chi connectivity index (χ0n) is 18.5. The van der Waals surface area contributed by atoms with Gasteiger partial charge in [0.2, 0.25) is 0 Å². The van der Waals surface area contributed by atoms with Crippen LogP contribution >= 0.6 is 0 Å². The van der Waals surface area contributed by atoms with Crippen LogP contribution in [0.5, 0.6) is 5.75 Å². The average molecular weight is 440 g/mol. The lowest BCUT2D eigenvalue weighted by molar-refractivity contribution is 0.0322. The number of β-amino-alcohol motifs (C(OH)–C–C–N with tert-alkyl or cyclic N) is 1. The highest BCUT2D eigenvalue weighted by molar-refractivity contribution is 5.94. The van der Waals surface area contributed by atoms with E-state index in [0.29, 0.717) is 24.5 Å². The van der Waals surface area contributed by atoms with Crippen molar-refractivity contribution < 1.29 is 19.4 Å². The lowest BCUT2D eigenvalue weighted by Crippen LogP contribution is -2.42. The molecule has 1 unspecified atom stereocenters. The Labute approximate surface area is 189 Å². The quantitative estimate of drug-likeness (QED) is 0.618. The van der Waals surface area contributed by atoms with Gasteiger partial charge >= 0.3 is 0 Å². The van der Waals surface area contributed by atoms with Crippen molar-refractivity contribution in [1.29, 1.82) is 0 Å². The van der Waals surface area contributed by atoms with Crippen LogP contribution in [-0.4, -0.2) is 86.0 Å². The van der Waals surface area contributed by atoms with Crippen LogP contribution in [-0.2, 0) is 17.7 Å². The molecule has 0 bridgehead atoms. The van der Waals surface area contributed by atoms with Gasteiger partial charge < -0.3 is 19.9 Å². The van der Waals surface area contributed by atoms with Gasteiger partial charge in [0.25, 0.3) is 5.91 Å². The monoisotopic (exact) mass is 439 g/mol. The van der Waals surface area contributed by atoms with Crippen LogP contribution in [0.25, 0.3) is 0 Å². The zero-order valence-corrected chi connectivity index (χ0v) is 18.5. The number of ether oxygens (including phenoxy) is 2. The molecule has 2 aliphatic rings. The summed E-state index contributed by atoms with van der Waals surface area (Å²) in [6.45, 7) is 7.33. The van der Waals surface area contributed by atoms with E-state index in [0.717, 1.165) is 52.4 Å². The van der Waals surface area contributed by atoms with Crippen LogP contribution in [0.3, 0.4) is 0 Å². The second-order valence-electron chi connectivity index (χ2n) is 8.45. The fourth-order valence-corrected chi connectivity index (χ4v) is 4.23. The molecule has 0 radical (unpaired) electrons. The summed E-state index contributed by atoms with van der Waals surface area (Å²) in [7, 11) is 0. The number of fused-ring (bicyclic) bond motifs is 1. The Hall–Kier alpha value is -2.45. The molecule has 4 rings (SSSR count). The summed E-state index contributed by atoms with van der Waals surface area (Å²) in [6, 6.07) is 15.6. The number of amides is 1. The molecule has 7 heteroatoms. The number of aliphatic hydroxyl groups is 1. The number of rotatable bonds is 9. The average Bonchev–Trinajstić information content (AvgIpc) is 2.83. The first-order valence-corrected chi connectivity index (χ1v) is 11.5. The maximum absolute atomic E-state index is 12.6. The molecule has 32 heavy (non-hydrogen) atoms. The Balaban J connectivity index is 1.19. The lowest BCUT2D eigenvalue weighted by Gasteiger charge is -2.30. The van der Waals surface area contributed by atoms with E-state index in [1.54, 1.807) is 12.1 Å². The van der Waals surface area contributed by atoms with Crippen molar-refractivity contribution >= 4 is 5.91 Å². The summed E-state index contributed by atoms with van der Waals surface area (Å²) in [6.07, 6.45) is 0.380. The molecule has 0 aromatic heterocycles. The fraction of sp³-hybridized carbons (Fsp3) is 0.480. The van der Waals surface area contributed by atoms with Crippen LogP contribution in [0.1, 0.15) is 21.5 Å². The van der Waals surface area contributed by atoms with E-state index in [1.165, 1.54) is 11.1 Å². The van der Waals surface area contributed by atoms with Crippen LogP contribution in [0, 0.1) is 0 Å². The minimum Gasteiger partial charge on any atom is -0.492 e. The molecule has 1 fully saturated rings. The minimum atomic E-state index is -0.614. The zero-order chi connectivity index (χ0) is 22.2. The fourth-order valence-electron chi connectivity index (χ4n) is 4.23. The predicted molar refractivity (Wildman–Crippen MR) is 123 cm³/mol. The van der Waals surface area contributed by atoms with Gasteiger partial charge in [0.1, 0.15) is 12.4 Å². The molecule has 1 saturated heterocycles. The summed E-state index contributed by atoms with van der Waals surface area (Å²) in [5.41, 5.74) is 3.24. The predicted octanol–water partition coefficient (Wildman–Crippen LogP) is 1.55. The SMILES string of the molecule is O=C(NCC(O)CN1CCc2ccccc2C1)c1cccc(OCCN2CCOCC2)c1. The maximum Gasteiger partial charge on any atom is 0.251 e. The van der Waals surface area contributed by atoms with Gasteiger partial charge in [-0.25, -0.2) is 0 Å². The van der Waals surface area contributed by atoms with Gasteiger partial charge in [0.15, 0.2) is 0 Å². The Bertz CT molecular complexity index is 885. The van der Waals surface area contributed by atoms with E-state index in [4.69, 9.17) is 9.47 Å². The summed E-state index contributed by atoms with van der Waals surface area (Å²) in [5.74, 6) is 0.477. The van der Waals surface area contributed by atoms with Crippen LogP contribution in [0.2, 0.25) is 0 Å². The highest BCUT2D eigenvalue weighted by Gasteiger charge is 2.19. The van der Waals surface area contributed by atoms with Gasteiger partial charge in [-0.2, -0.15) is 0 Å². The third-order valence-electron chi connectivity index (χ3n) is 6.05. The number of carbonyl (C=O) groups is 1. The molecule has 2 N–H and O–H groups in total. The van der Waals surface area contributed by atoms with E-state index in [2.05, 4.69) is 39.4 Å². The van der Waals surface area contributed by atoms with E-state index in [9.17, 15) is 9.90 Å². The number of nitrogens with one attached hydrogen (secondary N) is 1. The third-order valence-corrected chi connectivity index (χ3v) is 6.05. The number of nitrogens with zero attached hydrogens (tertiary/aromatic N) is 2. The Kier molecular flexibility index (Phi) is 8.12. The third kappa shape index (κ3) is 6.53. The van der Waals surface area contributed by atoms with Gasteiger partial charge in [0.05, 0.1) is 19.3 Å². The molecule has 2 aliphatic heterocycles. The normalized spacial score (nSPS) is 18.0. The largest absolute Gasteiger partial charge is 0.492 e. The standard InChI is InChI=1S/C25H33N3O4/c29-23(19-28-9-8-20-4-1-2-5-22(20)18-28)17-26-25(30)21-6-3-7-24(16-21)32-15-12-27-10-13-31-14-11-27/h1-7,16,23,29H,8-15,17-19H2,(H,26,30).